The summed E-state index contributed by atoms with van der Waals surface area (Å²) in [5.41, 5.74) is 1.03. The Labute approximate surface area is 114 Å². The maximum absolute atomic E-state index is 10.9. The molecule has 4 heteroatoms. The Kier molecular flexibility index (Phi) is 6.97. The Bertz CT molecular complexity index is 401. The van der Waals surface area contributed by atoms with Crippen molar-refractivity contribution in [3.8, 4) is 5.75 Å². The number of unbranched alkanes of at least 4 members (excludes halogenated alkanes) is 3. The molecule has 0 amide bonds. The average Bonchev–Trinajstić information content (AvgIpc) is 2.42. The summed E-state index contributed by atoms with van der Waals surface area (Å²) in [5, 5.41) is 8.96. The van der Waals surface area contributed by atoms with Crippen LogP contribution in [0.2, 0.25) is 0 Å². The van der Waals surface area contributed by atoms with Gasteiger partial charge in [0.25, 0.3) is 0 Å². The number of hydrogen-bond acceptors (Lipinski definition) is 3. The molecule has 0 spiro atoms. The van der Waals surface area contributed by atoms with Crippen molar-refractivity contribution in [1.29, 1.82) is 0 Å². The highest BCUT2D eigenvalue weighted by Gasteiger charge is 2.08. The quantitative estimate of drug-likeness (QED) is 0.695. The van der Waals surface area contributed by atoms with Gasteiger partial charge in [0.15, 0.2) is 0 Å². The van der Waals surface area contributed by atoms with E-state index in [0.717, 1.165) is 12.0 Å². The van der Waals surface area contributed by atoms with Gasteiger partial charge in [-0.15, -0.1) is 0 Å². The van der Waals surface area contributed by atoms with E-state index in [1.54, 1.807) is 19.2 Å². The zero-order valence-electron chi connectivity index (χ0n) is 11.6. The molecule has 0 atom stereocenters. The normalized spacial score (nSPS) is 10.4. The maximum Gasteiger partial charge on any atom is 0.335 e. The third kappa shape index (κ3) is 5.30. The van der Waals surface area contributed by atoms with E-state index in [9.17, 15) is 4.79 Å². The van der Waals surface area contributed by atoms with Crippen LogP contribution in [0.5, 0.6) is 5.75 Å². The first-order valence-electron chi connectivity index (χ1n) is 6.67. The van der Waals surface area contributed by atoms with Gasteiger partial charge in [-0.2, -0.15) is 0 Å². The van der Waals surface area contributed by atoms with Gasteiger partial charge in [0.2, 0.25) is 0 Å². The summed E-state index contributed by atoms with van der Waals surface area (Å²) < 4.78 is 10.8. The van der Waals surface area contributed by atoms with Crippen LogP contribution >= 0.6 is 0 Å². The molecule has 0 aliphatic carbocycles. The molecule has 1 rings (SSSR count). The van der Waals surface area contributed by atoms with Crippen molar-refractivity contribution in [1.82, 2.24) is 0 Å². The minimum atomic E-state index is -0.938. The molecule has 0 fully saturated rings. The number of hydrogen-bond donors (Lipinski definition) is 1. The van der Waals surface area contributed by atoms with Gasteiger partial charge < -0.3 is 14.6 Å². The highest BCUT2D eigenvalue weighted by Crippen LogP contribution is 2.21. The first kappa shape index (κ1) is 15.5. The average molecular weight is 266 g/mol. The van der Waals surface area contributed by atoms with Gasteiger partial charge in [0.1, 0.15) is 5.75 Å². The number of carboxylic acid groups (broad SMARTS) is 1. The van der Waals surface area contributed by atoms with Crippen molar-refractivity contribution >= 4 is 5.97 Å². The van der Waals surface area contributed by atoms with E-state index in [-0.39, 0.29) is 5.56 Å². The molecule has 1 aromatic rings. The van der Waals surface area contributed by atoms with Crippen LogP contribution in [0.15, 0.2) is 18.2 Å². The molecule has 0 heterocycles. The summed E-state index contributed by atoms with van der Waals surface area (Å²) in [7, 11) is 1.57. The second-order valence-corrected chi connectivity index (χ2v) is 4.45. The van der Waals surface area contributed by atoms with Crippen LogP contribution in [0.25, 0.3) is 0 Å². The number of aromatic carboxylic acids is 1. The number of benzene rings is 1. The summed E-state index contributed by atoms with van der Waals surface area (Å²) in [6, 6.07) is 4.80. The minimum Gasteiger partial charge on any atom is -0.496 e. The van der Waals surface area contributed by atoms with Gasteiger partial charge in [-0.05, 0) is 24.6 Å². The van der Waals surface area contributed by atoms with Crippen LogP contribution in [0.1, 0.15) is 48.5 Å². The molecule has 0 unspecified atom stereocenters. The molecule has 0 aromatic heterocycles. The van der Waals surface area contributed by atoms with Crippen molar-refractivity contribution in [2.24, 2.45) is 0 Å². The van der Waals surface area contributed by atoms with Crippen molar-refractivity contribution in [3.05, 3.63) is 29.3 Å². The van der Waals surface area contributed by atoms with E-state index in [0.29, 0.717) is 19.0 Å². The van der Waals surface area contributed by atoms with Crippen LogP contribution in [0.4, 0.5) is 0 Å². The molecule has 0 aliphatic rings. The standard InChI is InChI=1S/C15H22O4/c1-3-4-5-6-9-19-11-13-10-12(15(16)17)7-8-14(13)18-2/h7-8,10H,3-6,9,11H2,1-2H3,(H,16,17). The summed E-state index contributed by atoms with van der Waals surface area (Å²) in [6.07, 6.45) is 4.63. The first-order chi connectivity index (χ1) is 9.19. The van der Waals surface area contributed by atoms with Gasteiger partial charge in [0.05, 0.1) is 19.3 Å². The van der Waals surface area contributed by atoms with E-state index in [2.05, 4.69) is 6.92 Å². The predicted octanol–water partition coefficient (Wildman–Crippen LogP) is 3.49. The first-order valence-corrected chi connectivity index (χ1v) is 6.67. The van der Waals surface area contributed by atoms with Gasteiger partial charge in [0, 0.05) is 12.2 Å². The molecule has 1 aromatic carbocycles. The van der Waals surface area contributed by atoms with Crippen LogP contribution in [0.3, 0.4) is 0 Å². The SMILES string of the molecule is CCCCCCOCc1cc(C(=O)O)ccc1OC. The fourth-order valence-corrected chi connectivity index (χ4v) is 1.84. The lowest BCUT2D eigenvalue weighted by atomic mass is 10.1. The lowest BCUT2D eigenvalue weighted by molar-refractivity contribution is 0.0696. The largest absolute Gasteiger partial charge is 0.496 e. The zero-order valence-corrected chi connectivity index (χ0v) is 11.6. The third-order valence-electron chi connectivity index (χ3n) is 2.93. The van der Waals surface area contributed by atoms with Crippen LogP contribution in [-0.2, 0) is 11.3 Å². The van der Waals surface area contributed by atoms with Gasteiger partial charge in [-0.3, -0.25) is 0 Å². The molecule has 0 saturated heterocycles. The Morgan fingerprint density at radius 3 is 2.68 bits per heavy atom. The Morgan fingerprint density at radius 2 is 2.05 bits per heavy atom. The number of carbonyl (C=O) groups is 1. The predicted molar refractivity (Wildman–Crippen MR) is 73.8 cm³/mol. The molecule has 106 valence electrons. The van der Waals surface area contributed by atoms with Crippen molar-refractivity contribution in [2.45, 2.75) is 39.2 Å². The molecule has 0 bridgehead atoms. The van der Waals surface area contributed by atoms with Crippen molar-refractivity contribution < 1.29 is 19.4 Å². The summed E-state index contributed by atoms with van der Waals surface area (Å²) in [6.45, 7) is 3.25. The highest BCUT2D eigenvalue weighted by atomic mass is 16.5. The van der Waals surface area contributed by atoms with E-state index in [4.69, 9.17) is 14.6 Å². The summed E-state index contributed by atoms with van der Waals surface area (Å²) >= 11 is 0. The fourth-order valence-electron chi connectivity index (χ4n) is 1.84. The van der Waals surface area contributed by atoms with Crippen molar-refractivity contribution in [3.63, 3.8) is 0 Å². The number of rotatable bonds is 9. The molecule has 0 aliphatic heterocycles. The molecule has 1 N–H and O–H groups in total. The highest BCUT2D eigenvalue weighted by molar-refractivity contribution is 5.88. The Balaban J connectivity index is 2.50. The van der Waals surface area contributed by atoms with E-state index in [1.165, 1.54) is 25.3 Å². The molecule has 19 heavy (non-hydrogen) atoms. The summed E-state index contributed by atoms with van der Waals surface area (Å²) in [4.78, 5) is 10.9. The Hall–Kier alpha value is -1.55. The third-order valence-corrected chi connectivity index (χ3v) is 2.93. The van der Waals surface area contributed by atoms with Gasteiger partial charge in [-0.1, -0.05) is 26.2 Å². The number of carboxylic acids is 1. The van der Waals surface area contributed by atoms with E-state index in [1.807, 2.05) is 0 Å². The monoisotopic (exact) mass is 266 g/mol. The number of methoxy groups -OCH3 is 1. The second kappa shape index (κ2) is 8.53. The Morgan fingerprint density at radius 1 is 1.26 bits per heavy atom. The molecular weight excluding hydrogens is 244 g/mol. The zero-order chi connectivity index (χ0) is 14.1. The second-order valence-electron chi connectivity index (χ2n) is 4.45. The lowest BCUT2D eigenvalue weighted by Crippen LogP contribution is -2.02. The van der Waals surface area contributed by atoms with Gasteiger partial charge >= 0.3 is 5.97 Å². The number of ether oxygens (including phenoxy) is 2. The van der Waals surface area contributed by atoms with Crippen LogP contribution < -0.4 is 4.74 Å². The van der Waals surface area contributed by atoms with Crippen molar-refractivity contribution in [2.75, 3.05) is 13.7 Å². The maximum atomic E-state index is 10.9. The van der Waals surface area contributed by atoms with Gasteiger partial charge in [-0.25, -0.2) is 4.79 Å². The summed E-state index contributed by atoms with van der Waals surface area (Å²) in [5.74, 6) is -0.273. The smallest absolute Gasteiger partial charge is 0.335 e. The van der Waals surface area contributed by atoms with E-state index >= 15 is 0 Å². The lowest BCUT2D eigenvalue weighted by Gasteiger charge is -2.10. The van der Waals surface area contributed by atoms with Crippen LogP contribution in [-0.4, -0.2) is 24.8 Å². The van der Waals surface area contributed by atoms with Crippen LogP contribution in [0, 0.1) is 0 Å². The van der Waals surface area contributed by atoms with E-state index < -0.39 is 5.97 Å². The topological polar surface area (TPSA) is 55.8 Å². The fraction of sp³-hybridized carbons (Fsp3) is 0.533. The molecule has 0 radical (unpaired) electrons. The molecular formula is C15H22O4. The minimum absolute atomic E-state index is 0.255. The molecule has 0 saturated carbocycles. The molecule has 4 nitrogen and oxygen atoms in total.